The van der Waals surface area contributed by atoms with Gasteiger partial charge in [-0.2, -0.15) is 0 Å². The minimum absolute atomic E-state index is 0. The first-order chi connectivity index (χ1) is 10.0. The largest absolute Gasteiger partial charge is 0.493 e. The van der Waals surface area contributed by atoms with Crippen molar-refractivity contribution in [2.75, 3.05) is 26.8 Å². The first kappa shape index (κ1) is 19.4. The summed E-state index contributed by atoms with van der Waals surface area (Å²) in [6.07, 6.45) is 0.935. The summed E-state index contributed by atoms with van der Waals surface area (Å²) in [5, 5.41) is 0.606. The predicted octanol–water partition coefficient (Wildman–Crippen LogP) is 3.34. The molecule has 6 heteroatoms. The number of hydrogen-bond donors (Lipinski definition) is 1. The van der Waals surface area contributed by atoms with E-state index in [9.17, 15) is 0 Å². The molecule has 4 nitrogen and oxygen atoms in total. The number of hydrogen-bond acceptors (Lipinski definition) is 4. The average molecular weight is 349 g/mol. The Morgan fingerprint density at radius 3 is 2.64 bits per heavy atom. The van der Waals surface area contributed by atoms with Crippen LogP contribution >= 0.6 is 24.0 Å². The van der Waals surface area contributed by atoms with Crippen LogP contribution in [0.25, 0.3) is 0 Å². The van der Waals surface area contributed by atoms with Gasteiger partial charge in [0.1, 0.15) is 0 Å². The van der Waals surface area contributed by atoms with E-state index in [0.717, 1.165) is 31.6 Å². The fourth-order valence-corrected chi connectivity index (χ4v) is 2.98. The van der Waals surface area contributed by atoms with Crippen LogP contribution in [0.15, 0.2) is 12.1 Å². The lowest BCUT2D eigenvalue weighted by Crippen LogP contribution is -2.28. The molecule has 0 spiro atoms. The number of halogens is 2. The third kappa shape index (κ3) is 4.66. The van der Waals surface area contributed by atoms with Crippen molar-refractivity contribution in [3.63, 3.8) is 0 Å². The molecule has 1 aliphatic heterocycles. The van der Waals surface area contributed by atoms with Crippen LogP contribution in [-0.4, -0.2) is 37.7 Å². The van der Waals surface area contributed by atoms with Crippen LogP contribution in [0.4, 0.5) is 0 Å². The maximum atomic E-state index is 6.34. The monoisotopic (exact) mass is 348 g/mol. The molecule has 0 saturated carbocycles. The zero-order valence-electron chi connectivity index (χ0n) is 13.5. The molecule has 2 rings (SSSR count). The summed E-state index contributed by atoms with van der Waals surface area (Å²) in [7, 11) is 1.64. The van der Waals surface area contributed by atoms with Crippen LogP contribution in [0.1, 0.15) is 25.8 Å². The van der Waals surface area contributed by atoms with Crippen molar-refractivity contribution in [3.8, 4) is 11.5 Å². The Balaban J connectivity index is 0.00000242. The molecule has 1 heterocycles. The molecule has 0 radical (unpaired) electrons. The Morgan fingerprint density at radius 2 is 2.09 bits per heavy atom. The molecule has 0 amide bonds. The van der Waals surface area contributed by atoms with Gasteiger partial charge in [-0.3, -0.25) is 4.90 Å². The van der Waals surface area contributed by atoms with Gasteiger partial charge in [0.25, 0.3) is 0 Å². The minimum atomic E-state index is 0. The van der Waals surface area contributed by atoms with Crippen molar-refractivity contribution in [2.45, 2.75) is 32.9 Å². The predicted molar refractivity (Wildman–Crippen MR) is 93.5 cm³/mol. The standard InChI is InChI=1S/C16H25ClN2O2.ClH/c1-4-5-21-16-13(17)6-12(7-15(16)20-3)9-19-8-11(2)14(18)10-19;/h6-7,11,14H,4-5,8-10,18H2,1-3H3;1H. The third-order valence-corrected chi connectivity index (χ3v) is 4.17. The molecule has 0 aliphatic carbocycles. The fraction of sp³-hybridized carbons (Fsp3) is 0.625. The van der Waals surface area contributed by atoms with E-state index < -0.39 is 0 Å². The summed E-state index contributed by atoms with van der Waals surface area (Å²) in [6, 6.07) is 4.23. The van der Waals surface area contributed by atoms with Gasteiger partial charge in [-0.15, -0.1) is 12.4 Å². The van der Waals surface area contributed by atoms with Gasteiger partial charge in [0.05, 0.1) is 18.7 Å². The number of benzene rings is 1. The lowest BCUT2D eigenvalue weighted by Gasteiger charge is -2.18. The van der Waals surface area contributed by atoms with Gasteiger partial charge in [0.2, 0.25) is 0 Å². The minimum Gasteiger partial charge on any atom is -0.493 e. The second-order valence-electron chi connectivity index (χ2n) is 5.79. The Kier molecular flexibility index (Phi) is 7.77. The van der Waals surface area contributed by atoms with E-state index in [1.54, 1.807) is 7.11 Å². The number of nitrogens with two attached hydrogens (primary N) is 1. The summed E-state index contributed by atoms with van der Waals surface area (Å²) in [4.78, 5) is 2.35. The molecule has 1 fully saturated rings. The molecule has 1 saturated heterocycles. The quantitative estimate of drug-likeness (QED) is 0.856. The SMILES string of the molecule is CCCOc1c(Cl)cc(CN2CC(C)C(N)C2)cc1OC.Cl. The smallest absolute Gasteiger partial charge is 0.179 e. The number of nitrogens with zero attached hydrogens (tertiary/aromatic N) is 1. The average Bonchev–Trinajstić information content (AvgIpc) is 2.75. The first-order valence-electron chi connectivity index (χ1n) is 7.52. The van der Waals surface area contributed by atoms with Gasteiger partial charge in [-0.1, -0.05) is 25.4 Å². The summed E-state index contributed by atoms with van der Waals surface area (Å²) in [5.41, 5.74) is 7.20. The second-order valence-corrected chi connectivity index (χ2v) is 6.20. The highest BCUT2D eigenvalue weighted by molar-refractivity contribution is 6.32. The van der Waals surface area contributed by atoms with E-state index in [2.05, 4.69) is 18.7 Å². The molecule has 2 N–H and O–H groups in total. The van der Waals surface area contributed by atoms with E-state index in [1.807, 2.05) is 12.1 Å². The van der Waals surface area contributed by atoms with E-state index >= 15 is 0 Å². The molecule has 126 valence electrons. The maximum absolute atomic E-state index is 6.34. The molecule has 1 aliphatic rings. The van der Waals surface area contributed by atoms with Gasteiger partial charge in [0.15, 0.2) is 11.5 Å². The number of rotatable bonds is 6. The summed E-state index contributed by atoms with van der Waals surface area (Å²) < 4.78 is 11.1. The topological polar surface area (TPSA) is 47.7 Å². The molecular weight excluding hydrogens is 323 g/mol. The molecule has 0 aromatic heterocycles. The van der Waals surface area contributed by atoms with Gasteiger partial charge in [0, 0.05) is 25.7 Å². The summed E-state index contributed by atoms with van der Waals surface area (Å²) in [5.74, 6) is 1.87. The first-order valence-corrected chi connectivity index (χ1v) is 7.90. The van der Waals surface area contributed by atoms with Crippen molar-refractivity contribution in [1.29, 1.82) is 0 Å². The van der Waals surface area contributed by atoms with Crippen LogP contribution in [0, 0.1) is 5.92 Å². The zero-order chi connectivity index (χ0) is 15.4. The number of methoxy groups -OCH3 is 1. The van der Waals surface area contributed by atoms with Crippen LogP contribution in [0.3, 0.4) is 0 Å². The van der Waals surface area contributed by atoms with E-state index in [-0.39, 0.29) is 18.4 Å². The van der Waals surface area contributed by atoms with E-state index in [1.165, 1.54) is 0 Å². The van der Waals surface area contributed by atoms with Crippen LogP contribution in [-0.2, 0) is 6.54 Å². The summed E-state index contributed by atoms with van der Waals surface area (Å²) in [6.45, 7) is 7.67. The summed E-state index contributed by atoms with van der Waals surface area (Å²) >= 11 is 6.34. The Morgan fingerprint density at radius 1 is 1.36 bits per heavy atom. The van der Waals surface area contributed by atoms with Gasteiger partial charge in [-0.25, -0.2) is 0 Å². The van der Waals surface area contributed by atoms with Crippen molar-refractivity contribution >= 4 is 24.0 Å². The lowest BCUT2D eigenvalue weighted by molar-refractivity contribution is 0.292. The molecule has 1 aromatic carbocycles. The van der Waals surface area contributed by atoms with Crippen molar-refractivity contribution in [1.82, 2.24) is 4.90 Å². The Bertz CT molecular complexity index is 475. The molecular formula is C16H26Cl2N2O2. The molecule has 2 unspecified atom stereocenters. The van der Waals surface area contributed by atoms with Crippen LogP contribution in [0.5, 0.6) is 11.5 Å². The molecule has 2 atom stereocenters. The maximum Gasteiger partial charge on any atom is 0.179 e. The normalized spacial score (nSPS) is 21.5. The van der Waals surface area contributed by atoms with Gasteiger partial charge in [-0.05, 0) is 30.0 Å². The van der Waals surface area contributed by atoms with E-state index in [4.69, 9.17) is 26.8 Å². The van der Waals surface area contributed by atoms with Gasteiger partial charge < -0.3 is 15.2 Å². The van der Waals surface area contributed by atoms with Crippen LogP contribution in [0.2, 0.25) is 5.02 Å². The van der Waals surface area contributed by atoms with Gasteiger partial charge >= 0.3 is 0 Å². The number of likely N-dealkylation sites (tertiary alicyclic amines) is 1. The highest BCUT2D eigenvalue weighted by Crippen LogP contribution is 2.37. The third-order valence-electron chi connectivity index (χ3n) is 3.89. The Hall–Kier alpha value is -0.680. The number of ether oxygens (including phenoxy) is 2. The van der Waals surface area contributed by atoms with Crippen LogP contribution < -0.4 is 15.2 Å². The Labute approximate surface area is 144 Å². The molecule has 22 heavy (non-hydrogen) atoms. The van der Waals surface area contributed by atoms with Crippen molar-refractivity contribution < 1.29 is 9.47 Å². The van der Waals surface area contributed by atoms with Crippen molar-refractivity contribution in [3.05, 3.63) is 22.7 Å². The highest BCUT2D eigenvalue weighted by Gasteiger charge is 2.26. The zero-order valence-corrected chi connectivity index (χ0v) is 15.0. The second kappa shape index (κ2) is 8.82. The fourth-order valence-electron chi connectivity index (χ4n) is 2.69. The van der Waals surface area contributed by atoms with E-state index in [0.29, 0.717) is 29.0 Å². The molecule has 1 aromatic rings. The highest BCUT2D eigenvalue weighted by atomic mass is 35.5. The lowest BCUT2D eigenvalue weighted by atomic mass is 10.1. The molecule has 0 bridgehead atoms. The van der Waals surface area contributed by atoms with Crippen molar-refractivity contribution in [2.24, 2.45) is 11.7 Å².